The summed E-state index contributed by atoms with van der Waals surface area (Å²) in [6.45, 7) is 8.71. The van der Waals surface area contributed by atoms with E-state index in [1.807, 2.05) is 0 Å². The van der Waals surface area contributed by atoms with Crippen molar-refractivity contribution in [2.24, 2.45) is 0 Å². The zero-order valence-corrected chi connectivity index (χ0v) is 27.0. The molecule has 0 saturated carbocycles. The van der Waals surface area contributed by atoms with E-state index < -0.39 is 47.5 Å². The molecular weight excluding hydrogens is 646 g/mol. The summed E-state index contributed by atoms with van der Waals surface area (Å²) in [6.07, 6.45) is -8.72. The lowest BCUT2D eigenvalue weighted by molar-refractivity contribution is -0.219. The number of aliphatic hydroxyl groups excluding tert-OH is 1. The Labute approximate surface area is 273 Å². The lowest BCUT2D eigenvalue weighted by atomic mass is 9.84. The van der Waals surface area contributed by atoms with E-state index in [4.69, 9.17) is 19.6 Å². The number of Topliss-reactive ketones (excluding diaryl/α,β-unsaturated/α-hetero) is 1. The fourth-order valence-electron chi connectivity index (χ4n) is 5.47. The van der Waals surface area contributed by atoms with Crippen LogP contribution in [-0.2, 0) is 26.3 Å². The Morgan fingerprint density at radius 2 is 1.73 bits per heavy atom. The van der Waals surface area contributed by atoms with Crippen molar-refractivity contribution in [2.75, 3.05) is 37.7 Å². The Bertz CT molecular complexity index is 1610. The number of benzene rings is 2. The predicted molar refractivity (Wildman–Crippen MR) is 162 cm³/mol. The number of ketones is 1. The topological polar surface area (TPSA) is 159 Å². The highest BCUT2D eigenvalue weighted by atomic mass is 19.4. The van der Waals surface area contributed by atoms with Gasteiger partial charge in [0.2, 0.25) is 0 Å². The molecule has 0 bridgehead atoms. The van der Waals surface area contributed by atoms with Crippen LogP contribution in [0.25, 0.3) is 0 Å². The zero-order valence-electron chi connectivity index (χ0n) is 27.0. The van der Waals surface area contributed by atoms with Crippen molar-refractivity contribution >= 4 is 29.2 Å². The molecule has 2 atom stereocenters. The molecule has 2 aromatic rings. The average Bonchev–Trinajstić information content (AvgIpc) is 3.55. The van der Waals surface area contributed by atoms with Crippen LogP contribution in [0.2, 0.25) is 0 Å². The second-order valence-electron chi connectivity index (χ2n) is 12.2. The number of hydrogen-bond donors (Lipinski definition) is 3. The van der Waals surface area contributed by atoms with Gasteiger partial charge in [0.05, 0.1) is 37.1 Å². The summed E-state index contributed by atoms with van der Waals surface area (Å²) in [4.78, 5) is 40.2. The Morgan fingerprint density at radius 1 is 1.06 bits per heavy atom. The van der Waals surface area contributed by atoms with Gasteiger partial charge in [0, 0.05) is 30.8 Å². The van der Waals surface area contributed by atoms with Gasteiger partial charge in [-0.05, 0) is 49.4 Å². The third-order valence-corrected chi connectivity index (χ3v) is 7.68. The van der Waals surface area contributed by atoms with Crippen molar-refractivity contribution in [1.29, 1.82) is 5.41 Å². The molecule has 2 aromatic carbocycles. The van der Waals surface area contributed by atoms with Crippen LogP contribution in [0.3, 0.4) is 0 Å². The van der Waals surface area contributed by atoms with Crippen molar-refractivity contribution in [1.82, 2.24) is 4.90 Å². The van der Waals surface area contributed by atoms with Crippen LogP contribution >= 0.6 is 0 Å². The molecule has 12 nitrogen and oxygen atoms in total. The number of rotatable bonds is 12. The molecule has 2 aliphatic heterocycles. The van der Waals surface area contributed by atoms with Crippen LogP contribution in [0, 0.1) is 11.2 Å². The van der Waals surface area contributed by atoms with Crippen LogP contribution in [0.5, 0.6) is 17.2 Å². The van der Waals surface area contributed by atoms with Gasteiger partial charge in [-0.1, -0.05) is 20.8 Å². The first-order valence-corrected chi connectivity index (χ1v) is 15.1. The Hall–Kier alpha value is -4.60. The minimum atomic E-state index is -5.50. The lowest BCUT2D eigenvalue weighted by Gasteiger charge is -2.31. The molecule has 16 heteroatoms. The number of hydrogen-bond acceptors (Lipinski definition) is 10. The largest absolute Gasteiger partial charge is 0.491 e. The van der Waals surface area contributed by atoms with Gasteiger partial charge in [-0.3, -0.25) is 10.2 Å². The smallest absolute Gasteiger partial charge is 0.490 e. The summed E-state index contributed by atoms with van der Waals surface area (Å²) in [6, 6.07) is 4.28. The maximum Gasteiger partial charge on any atom is 0.491 e. The number of fused-ring (bicyclic) bond motifs is 1. The Balaban J connectivity index is 1.74. The molecule has 0 amide bonds. The highest BCUT2D eigenvalue weighted by Gasteiger charge is 2.45. The van der Waals surface area contributed by atoms with Crippen molar-refractivity contribution < 1.29 is 61.1 Å². The van der Waals surface area contributed by atoms with Crippen molar-refractivity contribution in [3.05, 3.63) is 46.3 Å². The Kier molecular flexibility index (Phi) is 10.5. The van der Waals surface area contributed by atoms with E-state index in [2.05, 4.69) is 4.74 Å². The molecule has 2 unspecified atom stereocenters. The molecule has 262 valence electrons. The number of carboxylic acids is 1. The van der Waals surface area contributed by atoms with Gasteiger partial charge < -0.3 is 39.0 Å². The number of nitrogens with zero attached hydrogens (tertiary/aromatic N) is 2. The summed E-state index contributed by atoms with van der Waals surface area (Å²) in [5, 5.41) is 28.5. The second-order valence-corrected chi connectivity index (χ2v) is 12.2. The van der Waals surface area contributed by atoms with Crippen molar-refractivity contribution in [3.8, 4) is 17.2 Å². The monoisotopic (exact) mass is 683 g/mol. The summed E-state index contributed by atoms with van der Waals surface area (Å²) >= 11 is 0. The van der Waals surface area contributed by atoms with Gasteiger partial charge in [-0.2, -0.15) is 13.2 Å². The number of amidine groups is 1. The average molecular weight is 684 g/mol. The van der Waals surface area contributed by atoms with Crippen molar-refractivity contribution in [3.63, 3.8) is 0 Å². The standard InChI is InChI=1S/C32H37F4N3O9/c1-6-45-22-12-17-13-39(27(37)23(17)24(33)26(22)46-7-2)15-21(41)16-10-19(31(3,4)5)25(20(11-16)38-9-8-18(40)14-38)47-29(28(42)43)48-30(44)32(34,35)36/h10-12,18,29,37,40H,6-9,13-15H2,1-5H3,(H,42,43). The number of carbonyl (C=O) groups excluding carboxylic acids is 2. The SMILES string of the molecule is CCOc1cc2c(c(F)c1OCC)C(=N)N(CC(=O)c1cc(N3CCC(O)C3)c(OC(OC(=O)C(F)(F)F)C(=O)O)c(C(C)(C)C)c1)C2. The van der Waals surface area contributed by atoms with E-state index in [0.717, 1.165) is 0 Å². The van der Waals surface area contributed by atoms with E-state index in [0.29, 0.717) is 5.56 Å². The minimum Gasteiger partial charge on any atom is -0.490 e. The summed E-state index contributed by atoms with van der Waals surface area (Å²) in [5.74, 6) is -6.59. The number of β-amino-alcohol motifs (C(OH)–C–C–N with tert-alkyl or cyclic N) is 1. The van der Waals surface area contributed by atoms with Gasteiger partial charge >= 0.3 is 24.4 Å². The van der Waals surface area contributed by atoms with E-state index in [1.165, 1.54) is 17.0 Å². The number of carboxylic acid groups (broad SMARTS) is 1. The first kappa shape index (κ1) is 36.2. The first-order chi connectivity index (χ1) is 22.4. The quantitative estimate of drug-likeness (QED) is 0.126. The third-order valence-electron chi connectivity index (χ3n) is 7.68. The summed E-state index contributed by atoms with van der Waals surface area (Å²) < 4.78 is 75.1. The van der Waals surface area contributed by atoms with E-state index in [1.54, 1.807) is 45.6 Å². The number of aliphatic carboxylic acids is 1. The fourth-order valence-corrected chi connectivity index (χ4v) is 5.47. The van der Waals surface area contributed by atoms with E-state index in [-0.39, 0.29) is 91.3 Å². The molecule has 0 spiro atoms. The molecule has 4 rings (SSSR count). The molecule has 48 heavy (non-hydrogen) atoms. The highest BCUT2D eigenvalue weighted by molar-refractivity contribution is 6.06. The normalized spacial score (nSPS) is 16.9. The van der Waals surface area contributed by atoms with Crippen LogP contribution in [0.4, 0.5) is 23.2 Å². The number of nitrogens with one attached hydrogen (secondary N) is 1. The maximum absolute atomic E-state index is 15.6. The van der Waals surface area contributed by atoms with Crippen LogP contribution in [0.15, 0.2) is 18.2 Å². The molecule has 0 aliphatic carbocycles. The Morgan fingerprint density at radius 3 is 2.27 bits per heavy atom. The number of halogens is 4. The number of anilines is 1. The predicted octanol–water partition coefficient (Wildman–Crippen LogP) is 4.41. The number of carbonyl (C=O) groups is 3. The second kappa shape index (κ2) is 13.9. The molecular formula is C32H37F4N3O9. The lowest BCUT2D eigenvalue weighted by Crippen LogP contribution is -2.38. The number of aliphatic hydroxyl groups is 1. The van der Waals surface area contributed by atoms with Crippen molar-refractivity contribution in [2.45, 2.75) is 71.6 Å². The number of ether oxygens (including phenoxy) is 4. The molecule has 1 saturated heterocycles. The third kappa shape index (κ3) is 7.58. The minimum absolute atomic E-state index is 0.00661. The molecule has 0 aromatic heterocycles. The van der Waals surface area contributed by atoms with Gasteiger partial charge in [-0.25, -0.2) is 14.0 Å². The van der Waals surface area contributed by atoms with Crippen LogP contribution in [-0.4, -0.2) is 90.1 Å². The van der Waals surface area contributed by atoms with Gasteiger partial charge in [0.15, 0.2) is 28.8 Å². The summed E-state index contributed by atoms with van der Waals surface area (Å²) in [7, 11) is 0. The van der Waals surface area contributed by atoms with Gasteiger partial charge in [-0.15, -0.1) is 0 Å². The maximum atomic E-state index is 15.6. The fraction of sp³-hybridized carbons (Fsp3) is 0.500. The molecule has 2 heterocycles. The van der Waals surface area contributed by atoms with E-state index >= 15 is 4.39 Å². The summed E-state index contributed by atoms with van der Waals surface area (Å²) in [5.41, 5.74) is -0.208. The number of esters is 1. The molecule has 1 fully saturated rings. The zero-order chi connectivity index (χ0) is 35.7. The first-order valence-electron chi connectivity index (χ1n) is 15.1. The van der Waals surface area contributed by atoms with Crippen LogP contribution in [0.1, 0.15) is 68.1 Å². The van der Waals surface area contributed by atoms with E-state index in [9.17, 15) is 37.8 Å². The molecule has 2 aliphatic rings. The van der Waals surface area contributed by atoms with Gasteiger partial charge in [0.1, 0.15) is 5.84 Å². The number of alkyl halides is 3. The molecule has 0 radical (unpaired) electrons. The molecule has 3 N–H and O–H groups in total. The van der Waals surface area contributed by atoms with Gasteiger partial charge in [0.25, 0.3) is 0 Å². The van der Waals surface area contributed by atoms with Crippen LogP contribution < -0.4 is 19.1 Å². The highest BCUT2D eigenvalue weighted by Crippen LogP contribution is 2.43.